The predicted octanol–water partition coefficient (Wildman–Crippen LogP) is 1.64. The molecule has 1 unspecified atom stereocenters. The molecule has 1 aliphatic rings. The maximum Gasteiger partial charge on any atom is 0.591 e. The van der Waals surface area contributed by atoms with Crippen LogP contribution in [0.25, 0.3) is 0 Å². The van der Waals surface area contributed by atoms with Gasteiger partial charge in [0.1, 0.15) is 6.26 Å². The second-order valence-electron chi connectivity index (χ2n) is 1.51. The van der Waals surface area contributed by atoms with Gasteiger partial charge in [-0.15, -0.1) is 4.20 Å². The molecule has 1 rings (SSSR count). The van der Waals surface area contributed by atoms with Crippen LogP contribution >= 0.6 is 7.91 Å². The molecule has 1 N–H and O–H groups in total. The average molecular weight is 165 g/mol. The van der Waals surface area contributed by atoms with Crippen molar-refractivity contribution in [3.63, 3.8) is 0 Å². The van der Waals surface area contributed by atoms with Crippen LogP contribution in [0.15, 0.2) is 24.6 Å². The summed E-state index contributed by atoms with van der Waals surface area (Å²) < 4.78 is 30.4. The molecule has 0 bridgehead atoms. The van der Waals surface area contributed by atoms with Crippen molar-refractivity contribution >= 4 is 7.91 Å². The average Bonchev–Trinajstić information content (AvgIpc) is 1.88. The van der Waals surface area contributed by atoms with Gasteiger partial charge < -0.3 is 4.52 Å². The maximum atomic E-state index is 12.2. The molecule has 4 nitrogen and oxygen atoms in total. The minimum Gasteiger partial charge on any atom is -0.405 e. The van der Waals surface area contributed by atoms with Crippen LogP contribution in [0.3, 0.4) is 0 Å². The Morgan fingerprint density at radius 2 is 2.60 bits per heavy atom. The summed E-state index contributed by atoms with van der Waals surface area (Å²) in [6.45, 7) is 3.33. The third-order valence-corrected chi connectivity index (χ3v) is 1.46. The number of hydrogen-bond acceptors (Lipinski definition) is 4. The van der Waals surface area contributed by atoms with E-state index in [-0.39, 0.29) is 0 Å². The summed E-state index contributed by atoms with van der Waals surface area (Å²) in [5.41, 5.74) is 2.36. The highest BCUT2D eigenvalue weighted by molar-refractivity contribution is 7.48. The van der Waals surface area contributed by atoms with Crippen molar-refractivity contribution in [2.75, 3.05) is 0 Å². The lowest BCUT2D eigenvalue weighted by atomic mass is 10.5. The molecule has 0 fully saturated rings. The van der Waals surface area contributed by atoms with Gasteiger partial charge in [0.2, 0.25) is 0 Å². The minimum atomic E-state index is -4.37. The molecule has 1 atom stereocenters. The zero-order valence-electron chi connectivity index (χ0n) is 4.91. The Hall–Kier alpha value is -0.800. The standard InChI is InChI=1S/C4H5FNO3P/c1-2-4-3-8-10(5,7)9-6-4/h2-3,6H,1H2. The quantitative estimate of drug-likeness (QED) is 0.600. The molecule has 6 heteroatoms. The first-order valence-electron chi connectivity index (χ1n) is 2.39. The fourth-order valence-corrected chi connectivity index (χ4v) is 0.859. The largest absolute Gasteiger partial charge is 0.591 e. The first-order valence-corrected chi connectivity index (χ1v) is 3.83. The highest BCUT2D eigenvalue weighted by Gasteiger charge is 2.28. The lowest BCUT2D eigenvalue weighted by Gasteiger charge is -2.14. The number of rotatable bonds is 1. The summed E-state index contributed by atoms with van der Waals surface area (Å²) in [6, 6.07) is 0. The molecular weight excluding hydrogens is 160 g/mol. The van der Waals surface area contributed by atoms with Crippen LogP contribution < -0.4 is 5.48 Å². The number of halogens is 1. The lowest BCUT2D eigenvalue weighted by molar-refractivity contribution is 0.141. The molecule has 0 radical (unpaired) electrons. The summed E-state index contributed by atoms with van der Waals surface area (Å²) in [5, 5.41) is 0. The number of hydroxylamine groups is 1. The number of allylic oxidation sites excluding steroid dienone is 1. The van der Waals surface area contributed by atoms with Gasteiger partial charge in [-0.05, 0) is 6.08 Å². The Bertz CT molecular complexity index is 227. The van der Waals surface area contributed by atoms with Gasteiger partial charge in [0, 0.05) is 0 Å². The van der Waals surface area contributed by atoms with E-state index in [1.54, 1.807) is 0 Å². The molecule has 0 aliphatic carbocycles. The maximum absolute atomic E-state index is 12.2. The van der Waals surface area contributed by atoms with Crippen LogP contribution in [0.2, 0.25) is 0 Å². The van der Waals surface area contributed by atoms with Crippen molar-refractivity contribution in [3.8, 4) is 0 Å². The van der Waals surface area contributed by atoms with Crippen molar-refractivity contribution in [3.05, 3.63) is 24.6 Å². The van der Waals surface area contributed by atoms with E-state index in [1.165, 1.54) is 6.08 Å². The fraction of sp³-hybridized carbons (Fsp3) is 0. The Morgan fingerprint density at radius 1 is 1.90 bits per heavy atom. The van der Waals surface area contributed by atoms with Gasteiger partial charge in [0.15, 0.2) is 0 Å². The van der Waals surface area contributed by atoms with Gasteiger partial charge in [-0.25, -0.2) is 4.57 Å². The summed E-state index contributed by atoms with van der Waals surface area (Å²) in [6.07, 6.45) is 2.27. The van der Waals surface area contributed by atoms with Gasteiger partial charge in [-0.2, -0.15) is 4.62 Å². The first-order chi connectivity index (χ1) is 4.64. The first kappa shape index (κ1) is 7.31. The van der Waals surface area contributed by atoms with Gasteiger partial charge in [0.05, 0.1) is 5.70 Å². The molecule has 0 amide bonds. The van der Waals surface area contributed by atoms with Crippen molar-refractivity contribution in [1.82, 2.24) is 5.48 Å². The Balaban J connectivity index is 2.69. The molecule has 0 saturated heterocycles. The monoisotopic (exact) mass is 165 g/mol. The second-order valence-corrected chi connectivity index (χ2v) is 2.76. The van der Waals surface area contributed by atoms with Gasteiger partial charge in [-0.1, -0.05) is 6.58 Å². The second kappa shape index (κ2) is 2.44. The van der Waals surface area contributed by atoms with E-state index in [4.69, 9.17) is 0 Å². The minimum absolute atomic E-state index is 0.323. The van der Waals surface area contributed by atoms with Crippen LogP contribution in [0.1, 0.15) is 0 Å². The van der Waals surface area contributed by atoms with Gasteiger partial charge in [0.25, 0.3) is 0 Å². The molecule has 0 saturated carbocycles. The number of nitrogens with one attached hydrogen (secondary N) is 1. The normalized spacial score (nSPS) is 31.5. The SMILES string of the molecule is C=CC1=COP(=O)(F)ON1. The smallest absolute Gasteiger partial charge is 0.405 e. The van der Waals surface area contributed by atoms with Crippen molar-refractivity contribution in [2.24, 2.45) is 0 Å². The molecule has 0 aromatic heterocycles. The zero-order valence-corrected chi connectivity index (χ0v) is 5.81. The van der Waals surface area contributed by atoms with E-state index in [9.17, 15) is 8.76 Å². The van der Waals surface area contributed by atoms with Gasteiger partial charge >= 0.3 is 7.91 Å². The summed E-state index contributed by atoms with van der Waals surface area (Å²) >= 11 is 0. The molecule has 1 heterocycles. The van der Waals surface area contributed by atoms with Crippen LogP contribution in [0.4, 0.5) is 4.20 Å². The summed E-state index contributed by atoms with van der Waals surface area (Å²) in [5.74, 6) is 0. The molecule has 0 aromatic rings. The van der Waals surface area contributed by atoms with E-state index >= 15 is 0 Å². The van der Waals surface area contributed by atoms with E-state index in [0.29, 0.717) is 5.70 Å². The van der Waals surface area contributed by atoms with Crippen molar-refractivity contribution in [1.29, 1.82) is 0 Å². The van der Waals surface area contributed by atoms with E-state index in [1.807, 2.05) is 5.48 Å². The molecule has 0 aromatic carbocycles. The zero-order chi connectivity index (χ0) is 7.61. The van der Waals surface area contributed by atoms with E-state index < -0.39 is 7.91 Å². The van der Waals surface area contributed by atoms with Crippen LogP contribution in [-0.2, 0) is 13.7 Å². The van der Waals surface area contributed by atoms with E-state index in [0.717, 1.165) is 6.26 Å². The van der Waals surface area contributed by atoms with Crippen LogP contribution in [-0.4, -0.2) is 0 Å². The van der Waals surface area contributed by atoms with Crippen LogP contribution in [0, 0.1) is 0 Å². The van der Waals surface area contributed by atoms with E-state index in [2.05, 4.69) is 15.7 Å². The van der Waals surface area contributed by atoms with Crippen LogP contribution in [0.5, 0.6) is 0 Å². The van der Waals surface area contributed by atoms with Crippen molar-refractivity contribution in [2.45, 2.75) is 0 Å². The predicted molar refractivity (Wildman–Crippen MR) is 32.3 cm³/mol. The third-order valence-electron chi connectivity index (χ3n) is 0.798. The summed E-state index contributed by atoms with van der Waals surface area (Å²) in [7, 11) is -4.37. The topological polar surface area (TPSA) is 47.6 Å². The Labute approximate surface area is 56.9 Å². The van der Waals surface area contributed by atoms with Gasteiger partial charge in [-0.3, -0.25) is 5.48 Å². The Morgan fingerprint density at radius 3 is 3.00 bits per heavy atom. The highest BCUT2D eigenvalue weighted by atomic mass is 31.2. The highest BCUT2D eigenvalue weighted by Crippen LogP contribution is 2.51. The Kier molecular flexibility index (Phi) is 1.78. The molecule has 56 valence electrons. The van der Waals surface area contributed by atoms with Crippen molar-refractivity contribution < 1.29 is 17.9 Å². The summed E-state index contributed by atoms with van der Waals surface area (Å²) in [4.78, 5) is 0. The molecule has 10 heavy (non-hydrogen) atoms. The third kappa shape index (κ3) is 1.59. The number of hydrogen-bond donors (Lipinski definition) is 1. The molecular formula is C4H5FNO3P. The lowest BCUT2D eigenvalue weighted by Crippen LogP contribution is -2.14. The fourth-order valence-electron chi connectivity index (χ4n) is 0.362. The molecule has 1 aliphatic heterocycles. The molecule has 0 spiro atoms.